The molecule has 0 atom stereocenters. The summed E-state index contributed by atoms with van der Waals surface area (Å²) in [6.45, 7) is 0.485. The van der Waals surface area contributed by atoms with Gasteiger partial charge in [-0.1, -0.05) is 0 Å². The van der Waals surface area contributed by atoms with E-state index in [-0.39, 0.29) is 12.3 Å². The second kappa shape index (κ2) is 5.68. The molecule has 0 saturated heterocycles. The zero-order valence-electron chi connectivity index (χ0n) is 10.3. The lowest BCUT2D eigenvalue weighted by molar-refractivity contribution is -0.129. The van der Waals surface area contributed by atoms with E-state index in [4.69, 9.17) is 9.15 Å². The normalized spacial score (nSPS) is 10.3. The van der Waals surface area contributed by atoms with Crippen LogP contribution in [-0.4, -0.2) is 29.3 Å². The average Bonchev–Trinajstić information content (AvgIpc) is 2.99. The minimum atomic E-state index is -0.00166. The molecule has 6 heteroatoms. The third-order valence-electron chi connectivity index (χ3n) is 2.54. The quantitative estimate of drug-likeness (QED) is 0.830. The van der Waals surface area contributed by atoms with Crippen LogP contribution in [0.2, 0.25) is 0 Å². The predicted octanol–water partition coefficient (Wildman–Crippen LogP) is 1.95. The molecule has 0 spiro atoms. The molecule has 0 aliphatic rings. The van der Waals surface area contributed by atoms with Gasteiger partial charge in [-0.05, 0) is 23.7 Å². The van der Waals surface area contributed by atoms with E-state index in [1.165, 1.54) is 11.5 Å². The largest absolute Gasteiger partial charge is 0.480 e. The maximum absolute atomic E-state index is 11.9. The lowest BCUT2D eigenvalue weighted by Crippen LogP contribution is -2.27. The van der Waals surface area contributed by atoms with Gasteiger partial charge in [-0.15, -0.1) is 0 Å². The molecule has 2 aromatic rings. The van der Waals surface area contributed by atoms with Crippen LogP contribution < -0.4 is 4.74 Å². The maximum Gasteiger partial charge on any atom is 0.230 e. The van der Waals surface area contributed by atoms with Gasteiger partial charge >= 0.3 is 0 Å². The third-order valence-corrected chi connectivity index (χ3v) is 3.20. The molecule has 96 valence electrons. The van der Waals surface area contributed by atoms with Crippen molar-refractivity contribution in [3.8, 4) is 5.88 Å². The SMILES string of the molecule is COc1nscc1CN(C)C(=O)Cc1ccco1. The molecule has 0 radical (unpaired) electrons. The van der Waals surface area contributed by atoms with E-state index in [9.17, 15) is 4.79 Å². The summed E-state index contributed by atoms with van der Waals surface area (Å²) < 4.78 is 14.4. The molecule has 0 N–H and O–H groups in total. The average molecular weight is 266 g/mol. The Morgan fingerprint density at radius 2 is 2.44 bits per heavy atom. The molecule has 0 aliphatic heterocycles. The number of rotatable bonds is 5. The Bertz CT molecular complexity index is 507. The minimum absolute atomic E-state index is 0.00166. The van der Waals surface area contributed by atoms with E-state index >= 15 is 0 Å². The van der Waals surface area contributed by atoms with Gasteiger partial charge in [-0.2, -0.15) is 4.37 Å². The molecule has 18 heavy (non-hydrogen) atoms. The number of hydrogen-bond donors (Lipinski definition) is 0. The van der Waals surface area contributed by atoms with Crippen LogP contribution in [0.4, 0.5) is 0 Å². The number of carbonyl (C=O) groups is 1. The van der Waals surface area contributed by atoms with Crippen molar-refractivity contribution in [1.29, 1.82) is 0 Å². The fourth-order valence-corrected chi connectivity index (χ4v) is 2.20. The van der Waals surface area contributed by atoms with Crippen molar-refractivity contribution in [3.05, 3.63) is 35.1 Å². The summed E-state index contributed by atoms with van der Waals surface area (Å²) in [5.74, 6) is 1.25. The lowest BCUT2D eigenvalue weighted by atomic mass is 10.2. The molecule has 0 bridgehead atoms. The van der Waals surface area contributed by atoms with Gasteiger partial charge in [0.25, 0.3) is 0 Å². The minimum Gasteiger partial charge on any atom is -0.480 e. The first-order valence-corrected chi connectivity index (χ1v) is 6.28. The Balaban J connectivity index is 1.95. The maximum atomic E-state index is 11.9. The van der Waals surface area contributed by atoms with E-state index < -0.39 is 0 Å². The van der Waals surface area contributed by atoms with Gasteiger partial charge in [-0.3, -0.25) is 4.79 Å². The summed E-state index contributed by atoms with van der Waals surface area (Å²) in [6, 6.07) is 3.56. The van der Waals surface area contributed by atoms with E-state index in [0.717, 1.165) is 5.56 Å². The summed E-state index contributed by atoms with van der Waals surface area (Å²) in [4.78, 5) is 13.6. The van der Waals surface area contributed by atoms with Crippen molar-refractivity contribution < 1.29 is 13.9 Å². The number of nitrogens with zero attached hydrogens (tertiary/aromatic N) is 2. The van der Waals surface area contributed by atoms with Gasteiger partial charge in [0.2, 0.25) is 11.8 Å². The number of carbonyl (C=O) groups excluding carboxylic acids is 1. The molecule has 0 unspecified atom stereocenters. The Kier molecular flexibility index (Phi) is 3.99. The summed E-state index contributed by atoms with van der Waals surface area (Å²) in [5, 5.41) is 1.88. The van der Waals surface area contributed by atoms with Crippen molar-refractivity contribution in [2.45, 2.75) is 13.0 Å². The van der Waals surface area contributed by atoms with Crippen LogP contribution in [0.1, 0.15) is 11.3 Å². The van der Waals surface area contributed by atoms with E-state index in [2.05, 4.69) is 4.37 Å². The molecule has 0 aliphatic carbocycles. The van der Waals surface area contributed by atoms with Crippen LogP contribution in [0.25, 0.3) is 0 Å². The first kappa shape index (κ1) is 12.6. The van der Waals surface area contributed by atoms with Crippen LogP contribution in [0.15, 0.2) is 28.2 Å². The monoisotopic (exact) mass is 266 g/mol. The summed E-state index contributed by atoms with van der Waals surface area (Å²) in [6.07, 6.45) is 1.83. The number of aromatic nitrogens is 1. The van der Waals surface area contributed by atoms with Crippen molar-refractivity contribution in [2.24, 2.45) is 0 Å². The first-order chi connectivity index (χ1) is 8.70. The highest BCUT2D eigenvalue weighted by molar-refractivity contribution is 7.03. The third kappa shape index (κ3) is 2.89. The van der Waals surface area contributed by atoms with Gasteiger partial charge in [0, 0.05) is 18.0 Å². The number of hydrogen-bond acceptors (Lipinski definition) is 5. The highest BCUT2D eigenvalue weighted by atomic mass is 32.1. The van der Waals surface area contributed by atoms with Crippen LogP contribution >= 0.6 is 11.5 Å². The first-order valence-electron chi connectivity index (χ1n) is 5.44. The van der Waals surface area contributed by atoms with Crippen LogP contribution in [0.3, 0.4) is 0 Å². The number of amides is 1. The van der Waals surface area contributed by atoms with E-state index in [1.54, 1.807) is 37.5 Å². The molecule has 2 rings (SSSR count). The van der Waals surface area contributed by atoms with Crippen LogP contribution in [-0.2, 0) is 17.8 Å². The molecule has 2 heterocycles. The molecule has 0 saturated carbocycles. The van der Waals surface area contributed by atoms with Gasteiger partial charge in [0.1, 0.15) is 5.76 Å². The Morgan fingerprint density at radius 3 is 3.11 bits per heavy atom. The Labute approximate surface area is 109 Å². The molecule has 0 fully saturated rings. The lowest BCUT2D eigenvalue weighted by Gasteiger charge is -2.16. The summed E-state index contributed by atoms with van der Waals surface area (Å²) in [7, 11) is 3.33. The number of furan rings is 1. The highest BCUT2D eigenvalue weighted by Crippen LogP contribution is 2.20. The van der Waals surface area contributed by atoms with Crippen molar-refractivity contribution in [3.63, 3.8) is 0 Å². The molecular formula is C12H14N2O3S. The van der Waals surface area contributed by atoms with Gasteiger partial charge in [0.05, 0.1) is 26.3 Å². The summed E-state index contributed by atoms with van der Waals surface area (Å²) >= 11 is 1.32. The predicted molar refractivity (Wildman–Crippen MR) is 67.6 cm³/mol. The van der Waals surface area contributed by atoms with E-state index in [0.29, 0.717) is 18.2 Å². The van der Waals surface area contributed by atoms with Crippen molar-refractivity contribution in [2.75, 3.05) is 14.2 Å². The Morgan fingerprint density at radius 1 is 1.61 bits per heavy atom. The van der Waals surface area contributed by atoms with Crippen LogP contribution in [0.5, 0.6) is 5.88 Å². The highest BCUT2D eigenvalue weighted by Gasteiger charge is 2.15. The van der Waals surface area contributed by atoms with Crippen molar-refractivity contribution in [1.82, 2.24) is 9.27 Å². The van der Waals surface area contributed by atoms with Gasteiger partial charge in [0.15, 0.2) is 0 Å². The fraction of sp³-hybridized carbons (Fsp3) is 0.333. The topological polar surface area (TPSA) is 55.6 Å². The number of ether oxygens (including phenoxy) is 1. The van der Waals surface area contributed by atoms with Gasteiger partial charge in [-0.25, -0.2) is 0 Å². The smallest absolute Gasteiger partial charge is 0.230 e. The van der Waals surface area contributed by atoms with E-state index in [1.807, 2.05) is 5.38 Å². The number of methoxy groups -OCH3 is 1. The molecule has 2 aromatic heterocycles. The Hall–Kier alpha value is -1.82. The second-order valence-electron chi connectivity index (χ2n) is 3.86. The zero-order valence-corrected chi connectivity index (χ0v) is 11.1. The molecule has 0 aromatic carbocycles. The second-order valence-corrected chi connectivity index (χ2v) is 4.48. The summed E-state index contributed by atoms with van der Waals surface area (Å²) in [5.41, 5.74) is 0.915. The molecule has 1 amide bonds. The molecular weight excluding hydrogens is 252 g/mol. The molecule has 5 nitrogen and oxygen atoms in total. The standard InChI is InChI=1S/C12H14N2O3S/c1-14(7-9-8-18-13-12(9)16-2)11(15)6-10-4-3-5-17-10/h3-5,8H,6-7H2,1-2H3. The van der Waals surface area contributed by atoms with Gasteiger partial charge < -0.3 is 14.1 Å². The number of likely N-dealkylation sites (N-methyl/N-ethyl adjacent to an activating group) is 1. The van der Waals surface area contributed by atoms with Crippen molar-refractivity contribution >= 4 is 17.4 Å². The zero-order chi connectivity index (χ0) is 13.0. The van der Waals surface area contributed by atoms with Crippen LogP contribution in [0, 0.1) is 0 Å². The fourth-order valence-electron chi connectivity index (χ4n) is 1.56.